The number of ether oxygens (including phenoxy) is 1. The second kappa shape index (κ2) is 4.97. The van der Waals surface area contributed by atoms with Crippen molar-refractivity contribution in [3.8, 4) is 0 Å². The normalized spacial score (nSPS) is 18.7. The molecule has 1 aromatic rings. The predicted molar refractivity (Wildman–Crippen MR) is 74.6 cm³/mol. The fourth-order valence-electron chi connectivity index (χ4n) is 3.61. The average Bonchev–Trinajstić information content (AvgIpc) is 2.23. The van der Waals surface area contributed by atoms with E-state index in [1.54, 1.807) is 0 Å². The number of aliphatic carboxylic acids is 1. The van der Waals surface area contributed by atoms with E-state index in [9.17, 15) is 9.90 Å². The van der Waals surface area contributed by atoms with Crippen molar-refractivity contribution < 1.29 is 14.6 Å². The molecule has 1 aliphatic heterocycles. The van der Waals surface area contributed by atoms with Crippen LogP contribution in [0.4, 0.5) is 0 Å². The number of carboxylic acid groups (broad SMARTS) is 1. The highest BCUT2D eigenvalue weighted by Gasteiger charge is 2.50. The number of aryl methyl sites for hydroxylation is 3. The van der Waals surface area contributed by atoms with E-state index in [4.69, 9.17) is 4.74 Å². The van der Waals surface area contributed by atoms with E-state index in [1.165, 1.54) is 22.3 Å². The number of rotatable bonds is 4. The molecular weight excluding hydrogens is 240 g/mol. The van der Waals surface area contributed by atoms with Crippen LogP contribution in [0.5, 0.6) is 0 Å². The van der Waals surface area contributed by atoms with Crippen molar-refractivity contribution in [1.29, 1.82) is 0 Å². The topological polar surface area (TPSA) is 46.5 Å². The first-order valence-corrected chi connectivity index (χ1v) is 6.81. The van der Waals surface area contributed by atoms with Gasteiger partial charge < -0.3 is 9.84 Å². The third kappa shape index (κ3) is 2.16. The lowest BCUT2D eigenvalue weighted by Gasteiger charge is -2.47. The first-order valence-electron chi connectivity index (χ1n) is 6.81. The number of carbonyl (C=O) groups is 1. The molecule has 1 heterocycles. The van der Waals surface area contributed by atoms with Crippen LogP contribution >= 0.6 is 0 Å². The van der Waals surface area contributed by atoms with Crippen LogP contribution in [-0.4, -0.2) is 24.3 Å². The number of benzene rings is 1. The van der Waals surface area contributed by atoms with Gasteiger partial charge in [0.1, 0.15) is 0 Å². The molecule has 1 atom stereocenters. The Labute approximate surface area is 114 Å². The molecule has 3 nitrogen and oxygen atoms in total. The van der Waals surface area contributed by atoms with Crippen LogP contribution in [-0.2, 0) is 14.9 Å². The molecule has 1 unspecified atom stereocenters. The molecule has 1 fully saturated rings. The molecule has 104 valence electrons. The van der Waals surface area contributed by atoms with Crippen molar-refractivity contribution in [2.45, 2.75) is 39.5 Å². The summed E-state index contributed by atoms with van der Waals surface area (Å²) in [5.74, 6) is -1.09. The van der Waals surface area contributed by atoms with Crippen LogP contribution in [0.2, 0.25) is 0 Å². The van der Waals surface area contributed by atoms with E-state index in [1.807, 2.05) is 6.92 Å². The van der Waals surface area contributed by atoms with Gasteiger partial charge in [-0.3, -0.25) is 4.79 Å². The zero-order chi connectivity index (χ0) is 14.2. The van der Waals surface area contributed by atoms with Gasteiger partial charge in [0.2, 0.25) is 0 Å². The Kier molecular flexibility index (Phi) is 3.68. The van der Waals surface area contributed by atoms with Gasteiger partial charge in [0.15, 0.2) is 0 Å². The summed E-state index contributed by atoms with van der Waals surface area (Å²) < 4.78 is 5.40. The van der Waals surface area contributed by atoms with E-state index < -0.39 is 5.97 Å². The predicted octanol–water partition coefficient (Wildman–Crippen LogP) is 2.99. The average molecular weight is 262 g/mol. The summed E-state index contributed by atoms with van der Waals surface area (Å²) in [6.07, 6.45) is 0.630. The highest BCUT2D eigenvalue weighted by atomic mass is 16.5. The zero-order valence-corrected chi connectivity index (χ0v) is 12.1. The van der Waals surface area contributed by atoms with Crippen molar-refractivity contribution in [2.75, 3.05) is 13.2 Å². The van der Waals surface area contributed by atoms with E-state index in [0.717, 1.165) is 0 Å². The van der Waals surface area contributed by atoms with Gasteiger partial charge >= 0.3 is 5.97 Å². The number of hydrogen-bond donors (Lipinski definition) is 1. The van der Waals surface area contributed by atoms with Crippen molar-refractivity contribution in [3.63, 3.8) is 0 Å². The number of carboxylic acids is 1. The monoisotopic (exact) mass is 262 g/mol. The van der Waals surface area contributed by atoms with Gasteiger partial charge in [-0.2, -0.15) is 0 Å². The molecule has 0 radical (unpaired) electrons. The summed E-state index contributed by atoms with van der Waals surface area (Å²) in [6.45, 7) is 9.19. The molecule has 0 bridgehead atoms. The maximum Gasteiger partial charge on any atom is 0.307 e. The fraction of sp³-hybridized carbons (Fsp3) is 0.562. The fourth-order valence-corrected chi connectivity index (χ4v) is 3.61. The minimum Gasteiger partial charge on any atom is -0.481 e. The minimum absolute atomic E-state index is 0.345. The molecule has 1 aliphatic rings. The molecule has 1 saturated heterocycles. The van der Waals surface area contributed by atoms with Crippen molar-refractivity contribution >= 4 is 5.97 Å². The smallest absolute Gasteiger partial charge is 0.307 e. The molecule has 3 heteroatoms. The Morgan fingerprint density at radius 3 is 2.16 bits per heavy atom. The summed E-state index contributed by atoms with van der Waals surface area (Å²) in [6, 6.07) is 4.27. The molecular formula is C16H22O3. The molecule has 0 spiro atoms. The van der Waals surface area contributed by atoms with Crippen LogP contribution in [0.1, 0.15) is 35.6 Å². The molecule has 1 aromatic carbocycles. The van der Waals surface area contributed by atoms with Gasteiger partial charge in [-0.1, -0.05) is 24.6 Å². The van der Waals surface area contributed by atoms with Gasteiger partial charge in [0.25, 0.3) is 0 Å². The number of hydrogen-bond acceptors (Lipinski definition) is 2. The zero-order valence-electron chi connectivity index (χ0n) is 12.1. The molecule has 19 heavy (non-hydrogen) atoms. The Morgan fingerprint density at radius 1 is 1.32 bits per heavy atom. The standard InChI is InChI=1S/C16H22O3/c1-5-13(15(17)18)16(8-19-9-16)14-11(3)6-10(2)7-12(14)4/h6-7,13H,5,8-9H2,1-4H3,(H,17,18). The van der Waals surface area contributed by atoms with Crippen LogP contribution in [0.15, 0.2) is 12.1 Å². The summed E-state index contributed by atoms with van der Waals surface area (Å²) in [4.78, 5) is 11.6. The maximum atomic E-state index is 11.6. The quantitative estimate of drug-likeness (QED) is 0.907. The molecule has 2 rings (SSSR count). The lowest BCUT2D eigenvalue weighted by atomic mass is 9.65. The largest absolute Gasteiger partial charge is 0.481 e. The van der Waals surface area contributed by atoms with Crippen molar-refractivity contribution in [1.82, 2.24) is 0 Å². The van der Waals surface area contributed by atoms with Crippen molar-refractivity contribution in [2.24, 2.45) is 5.92 Å². The van der Waals surface area contributed by atoms with Gasteiger partial charge in [-0.15, -0.1) is 0 Å². The summed E-state index contributed by atoms with van der Waals surface area (Å²) in [5, 5.41) is 9.52. The summed E-state index contributed by atoms with van der Waals surface area (Å²) >= 11 is 0. The summed E-state index contributed by atoms with van der Waals surface area (Å²) in [7, 11) is 0. The molecule has 1 N–H and O–H groups in total. The lowest BCUT2D eigenvalue weighted by molar-refractivity contribution is -0.157. The highest BCUT2D eigenvalue weighted by molar-refractivity contribution is 5.73. The Hall–Kier alpha value is -1.35. The first-order chi connectivity index (χ1) is 8.92. The third-order valence-corrected chi connectivity index (χ3v) is 4.27. The van der Waals surface area contributed by atoms with Gasteiger partial charge in [0.05, 0.1) is 24.5 Å². The molecule has 0 aromatic heterocycles. The van der Waals surface area contributed by atoms with Crippen LogP contribution < -0.4 is 0 Å². The van der Waals surface area contributed by atoms with Crippen LogP contribution in [0.3, 0.4) is 0 Å². The van der Waals surface area contributed by atoms with E-state index in [0.29, 0.717) is 19.6 Å². The highest BCUT2D eigenvalue weighted by Crippen LogP contribution is 2.44. The van der Waals surface area contributed by atoms with Crippen LogP contribution in [0.25, 0.3) is 0 Å². The third-order valence-electron chi connectivity index (χ3n) is 4.27. The molecule has 0 aliphatic carbocycles. The Morgan fingerprint density at radius 2 is 1.84 bits per heavy atom. The summed E-state index contributed by atoms with van der Waals surface area (Å²) in [5.41, 5.74) is 4.42. The Balaban J connectivity index is 2.56. The van der Waals surface area contributed by atoms with Crippen molar-refractivity contribution in [3.05, 3.63) is 34.4 Å². The second-order valence-corrected chi connectivity index (χ2v) is 5.72. The molecule has 0 saturated carbocycles. The lowest BCUT2D eigenvalue weighted by Crippen LogP contribution is -2.55. The van der Waals surface area contributed by atoms with E-state index in [-0.39, 0.29) is 11.3 Å². The van der Waals surface area contributed by atoms with E-state index >= 15 is 0 Å². The first kappa shape index (κ1) is 14.1. The Bertz CT molecular complexity index is 478. The molecule has 0 amide bonds. The SMILES string of the molecule is CCC(C(=O)O)C1(c2c(C)cc(C)cc2C)COC1. The van der Waals surface area contributed by atoms with E-state index in [2.05, 4.69) is 32.9 Å². The van der Waals surface area contributed by atoms with Crippen LogP contribution in [0, 0.1) is 26.7 Å². The minimum atomic E-state index is -0.717. The van der Waals surface area contributed by atoms with Gasteiger partial charge in [-0.25, -0.2) is 0 Å². The van der Waals surface area contributed by atoms with Gasteiger partial charge in [0, 0.05) is 0 Å². The second-order valence-electron chi connectivity index (χ2n) is 5.72. The van der Waals surface area contributed by atoms with Gasteiger partial charge in [-0.05, 0) is 43.9 Å². The maximum absolute atomic E-state index is 11.6.